The number of anilines is 1. The number of halogens is 2. The zero-order chi connectivity index (χ0) is 16.8. The molecule has 23 heavy (non-hydrogen) atoms. The molecule has 2 N–H and O–H groups in total. The highest BCUT2D eigenvalue weighted by atomic mass is 35.5. The number of phenolic OH excluding ortho intramolecular Hbond substituents is 1. The van der Waals surface area contributed by atoms with Gasteiger partial charge in [0.25, 0.3) is 5.91 Å². The Bertz CT molecular complexity index is 807. The summed E-state index contributed by atoms with van der Waals surface area (Å²) in [4.78, 5) is 26.2. The Labute approximate surface area is 142 Å². The highest BCUT2D eigenvalue weighted by Gasteiger charge is 2.49. The van der Waals surface area contributed by atoms with E-state index in [-0.39, 0.29) is 10.8 Å². The van der Waals surface area contributed by atoms with Crippen molar-refractivity contribution in [3.63, 3.8) is 0 Å². The third-order valence-electron chi connectivity index (χ3n) is 3.80. The predicted molar refractivity (Wildman–Crippen MR) is 87.9 cm³/mol. The largest absolute Gasteiger partial charge is 0.508 e. The molecule has 1 atom stereocenters. The number of rotatable bonds is 2. The van der Waals surface area contributed by atoms with Gasteiger partial charge in [-0.15, -0.1) is 0 Å². The van der Waals surface area contributed by atoms with Gasteiger partial charge in [0.05, 0.1) is 15.7 Å². The smallest absolute Gasteiger partial charge is 0.329 e. The van der Waals surface area contributed by atoms with Gasteiger partial charge in [0.15, 0.2) is 0 Å². The van der Waals surface area contributed by atoms with E-state index in [1.807, 2.05) is 0 Å². The molecule has 0 spiro atoms. The van der Waals surface area contributed by atoms with Gasteiger partial charge in [0, 0.05) is 0 Å². The maximum absolute atomic E-state index is 12.8. The second-order valence-corrected chi connectivity index (χ2v) is 6.16. The minimum atomic E-state index is -1.23. The first kappa shape index (κ1) is 15.6. The lowest BCUT2D eigenvalue weighted by atomic mass is 9.92. The van der Waals surface area contributed by atoms with Crippen LogP contribution in [-0.2, 0) is 10.3 Å². The van der Waals surface area contributed by atoms with E-state index < -0.39 is 17.5 Å². The van der Waals surface area contributed by atoms with Crippen molar-refractivity contribution in [2.45, 2.75) is 12.5 Å². The number of nitrogens with zero attached hydrogens (tertiary/aromatic N) is 1. The number of carbonyl (C=O) groups excluding carboxylic acids is 2. The van der Waals surface area contributed by atoms with Crippen LogP contribution in [0.1, 0.15) is 12.5 Å². The van der Waals surface area contributed by atoms with Crippen molar-refractivity contribution in [3.8, 4) is 5.75 Å². The van der Waals surface area contributed by atoms with E-state index in [0.717, 1.165) is 4.90 Å². The number of hydrogen-bond acceptors (Lipinski definition) is 3. The maximum atomic E-state index is 12.8. The zero-order valence-corrected chi connectivity index (χ0v) is 13.5. The van der Waals surface area contributed by atoms with Gasteiger partial charge in [0.2, 0.25) is 0 Å². The first-order valence-electron chi connectivity index (χ1n) is 6.74. The summed E-state index contributed by atoms with van der Waals surface area (Å²) in [5.41, 5.74) is -0.322. The molecule has 2 aromatic rings. The van der Waals surface area contributed by atoms with E-state index >= 15 is 0 Å². The van der Waals surface area contributed by atoms with Crippen LogP contribution in [0.25, 0.3) is 0 Å². The number of amides is 3. The first-order valence-corrected chi connectivity index (χ1v) is 7.50. The normalized spacial score (nSPS) is 20.7. The Balaban J connectivity index is 2.02. The molecular weight excluding hydrogens is 339 g/mol. The molecule has 0 aliphatic carbocycles. The number of phenols is 1. The van der Waals surface area contributed by atoms with Crippen LogP contribution in [0.5, 0.6) is 5.75 Å². The fourth-order valence-corrected chi connectivity index (χ4v) is 2.78. The molecule has 5 nitrogen and oxygen atoms in total. The molecule has 1 aliphatic heterocycles. The molecule has 1 unspecified atom stereocenters. The summed E-state index contributed by atoms with van der Waals surface area (Å²) in [5.74, 6) is -0.359. The zero-order valence-electron chi connectivity index (χ0n) is 12.0. The Hall–Kier alpha value is -2.24. The van der Waals surface area contributed by atoms with Crippen molar-refractivity contribution < 1.29 is 14.7 Å². The van der Waals surface area contributed by atoms with E-state index in [9.17, 15) is 14.7 Å². The van der Waals surface area contributed by atoms with Gasteiger partial charge in [-0.3, -0.25) is 4.79 Å². The third kappa shape index (κ3) is 2.52. The van der Waals surface area contributed by atoms with Crippen LogP contribution in [0.2, 0.25) is 10.0 Å². The van der Waals surface area contributed by atoms with Gasteiger partial charge >= 0.3 is 6.03 Å². The molecule has 1 aliphatic rings. The monoisotopic (exact) mass is 350 g/mol. The van der Waals surface area contributed by atoms with Crippen LogP contribution in [0, 0.1) is 0 Å². The molecule has 0 aromatic heterocycles. The van der Waals surface area contributed by atoms with E-state index in [4.69, 9.17) is 23.2 Å². The van der Waals surface area contributed by atoms with Crippen molar-refractivity contribution in [1.82, 2.24) is 5.32 Å². The van der Waals surface area contributed by atoms with Crippen molar-refractivity contribution in [2.75, 3.05) is 4.90 Å². The molecule has 0 saturated carbocycles. The maximum Gasteiger partial charge on any atom is 0.329 e. The summed E-state index contributed by atoms with van der Waals surface area (Å²) in [5, 5.41) is 12.6. The minimum Gasteiger partial charge on any atom is -0.508 e. The number of aromatic hydroxyl groups is 1. The molecule has 0 bridgehead atoms. The van der Waals surface area contributed by atoms with Crippen molar-refractivity contribution in [1.29, 1.82) is 0 Å². The average Bonchev–Trinajstić information content (AvgIpc) is 2.74. The van der Waals surface area contributed by atoms with Gasteiger partial charge in [-0.25, -0.2) is 9.69 Å². The predicted octanol–water partition coefficient (Wildman–Crippen LogP) is 3.67. The molecule has 3 amide bonds. The highest BCUT2D eigenvalue weighted by Crippen LogP contribution is 2.35. The molecule has 2 aromatic carbocycles. The van der Waals surface area contributed by atoms with Gasteiger partial charge in [-0.1, -0.05) is 35.3 Å². The van der Waals surface area contributed by atoms with E-state index in [0.29, 0.717) is 16.3 Å². The van der Waals surface area contributed by atoms with Gasteiger partial charge in [-0.05, 0) is 42.8 Å². The minimum absolute atomic E-state index is 0.0791. The summed E-state index contributed by atoms with van der Waals surface area (Å²) in [6, 6.07) is 10.1. The van der Waals surface area contributed by atoms with E-state index in [1.165, 1.54) is 24.3 Å². The van der Waals surface area contributed by atoms with Gasteiger partial charge < -0.3 is 10.4 Å². The number of benzene rings is 2. The lowest BCUT2D eigenvalue weighted by molar-refractivity contribution is -0.121. The van der Waals surface area contributed by atoms with Crippen LogP contribution >= 0.6 is 23.2 Å². The summed E-state index contributed by atoms with van der Waals surface area (Å²) < 4.78 is 0. The van der Waals surface area contributed by atoms with Crippen LogP contribution in [0.3, 0.4) is 0 Å². The molecule has 1 heterocycles. The van der Waals surface area contributed by atoms with Crippen molar-refractivity contribution in [2.24, 2.45) is 0 Å². The summed E-state index contributed by atoms with van der Waals surface area (Å²) in [6.45, 7) is 1.61. The van der Waals surface area contributed by atoms with Gasteiger partial charge in [-0.2, -0.15) is 0 Å². The Morgan fingerprint density at radius 3 is 2.30 bits per heavy atom. The van der Waals surface area contributed by atoms with Gasteiger partial charge in [0.1, 0.15) is 11.3 Å². The average molecular weight is 351 g/mol. The molecule has 1 fully saturated rings. The fraction of sp³-hybridized carbons (Fsp3) is 0.125. The topological polar surface area (TPSA) is 69.6 Å². The van der Waals surface area contributed by atoms with Crippen molar-refractivity contribution in [3.05, 3.63) is 58.1 Å². The molecule has 7 heteroatoms. The lowest BCUT2D eigenvalue weighted by Gasteiger charge is -2.22. The summed E-state index contributed by atoms with van der Waals surface area (Å²) in [6.07, 6.45) is 0. The quantitative estimate of drug-likeness (QED) is 0.811. The number of nitrogens with one attached hydrogen (secondary N) is 1. The van der Waals surface area contributed by atoms with Crippen LogP contribution in [0.15, 0.2) is 42.5 Å². The molecule has 0 radical (unpaired) electrons. The highest BCUT2D eigenvalue weighted by molar-refractivity contribution is 6.42. The molecule has 3 rings (SSSR count). The second-order valence-electron chi connectivity index (χ2n) is 5.34. The van der Waals surface area contributed by atoms with Crippen molar-refractivity contribution >= 4 is 40.8 Å². The van der Waals surface area contributed by atoms with E-state index in [1.54, 1.807) is 25.1 Å². The second kappa shape index (κ2) is 5.44. The van der Waals surface area contributed by atoms with E-state index in [2.05, 4.69) is 5.32 Å². The Morgan fingerprint density at radius 1 is 1.04 bits per heavy atom. The fourth-order valence-electron chi connectivity index (χ4n) is 2.49. The Kier molecular flexibility index (Phi) is 3.70. The standard InChI is InChI=1S/C16H12Cl2N2O3/c1-16(9-2-5-11(21)6-3-9)14(22)20(15(23)19-16)10-4-7-12(17)13(18)8-10/h2-8,21H,1H3,(H,19,23). The van der Waals surface area contributed by atoms with Crippen LogP contribution in [-0.4, -0.2) is 17.0 Å². The third-order valence-corrected chi connectivity index (χ3v) is 4.54. The summed E-state index contributed by atoms with van der Waals surface area (Å²) >= 11 is 11.8. The van der Waals surface area contributed by atoms with Crippen LogP contribution < -0.4 is 10.2 Å². The SMILES string of the molecule is CC1(c2ccc(O)cc2)NC(=O)N(c2ccc(Cl)c(Cl)c2)C1=O. The number of urea groups is 1. The Morgan fingerprint density at radius 2 is 1.70 bits per heavy atom. The summed E-state index contributed by atoms with van der Waals surface area (Å²) in [7, 11) is 0. The van der Waals surface area contributed by atoms with Crippen LogP contribution in [0.4, 0.5) is 10.5 Å². The number of hydrogen-bond donors (Lipinski definition) is 2. The molecular formula is C16H12Cl2N2O3. The lowest BCUT2D eigenvalue weighted by Crippen LogP contribution is -2.40. The number of imide groups is 1. The first-order chi connectivity index (χ1) is 10.8. The molecule has 1 saturated heterocycles. The molecule has 118 valence electrons. The number of carbonyl (C=O) groups is 2.